The zero-order valence-corrected chi connectivity index (χ0v) is 13.5. The van der Waals surface area contributed by atoms with Gasteiger partial charge in [-0.3, -0.25) is 0 Å². The molecule has 0 unspecified atom stereocenters. The lowest BCUT2D eigenvalue weighted by atomic mass is 10.2. The molecule has 0 aromatic heterocycles. The number of halogens is 2. The summed E-state index contributed by atoms with van der Waals surface area (Å²) in [7, 11) is 0. The Balaban J connectivity index is 0.000000200. The topological polar surface area (TPSA) is 52.0 Å². The monoisotopic (exact) mass is 342 g/mol. The summed E-state index contributed by atoms with van der Waals surface area (Å²) in [5.41, 5.74) is 12.4. The van der Waals surface area contributed by atoms with E-state index in [-0.39, 0.29) is 0 Å². The smallest absolute Gasteiger partial charge is 0.103 e. The molecule has 0 aliphatic carbocycles. The first kappa shape index (κ1) is 16.9. The highest BCUT2D eigenvalue weighted by molar-refractivity contribution is 7.80. The molecule has 0 radical (unpaired) electrons. The Bertz CT molecular complexity index is 540. The fourth-order valence-electron chi connectivity index (χ4n) is 1.23. The van der Waals surface area contributed by atoms with Gasteiger partial charge in [0, 0.05) is 21.2 Å². The lowest BCUT2D eigenvalue weighted by Gasteiger charge is -1.95. The van der Waals surface area contributed by atoms with Crippen LogP contribution in [0.3, 0.4) is 0 Å². The Morgan fingerprint density at radius 3 is 1.10 bits per heavy atom. The number of hydrogen-bond acceptors (Lipinski definition) is 2. The van der Waals surface area contributed by atoms with E-state index in [4.69, 9.17) is 59.1 Å². The molecule has 0 aliphatic heterocycles. The van der Waals surface area contributed by atoms with Crippen molar-refractivity contribution in [3.8, 4) is 0 Å². The summed E-state index contributed by atoms with van der Waals surface area (Å²) in [6.45, 7) is 0. The Kier molecular flexibility index (Phi) is 6.88. The number of thiocarbonyl (C=S) groups is 2. The average Bonchev–Trinajstić information content (AvgIpc) is 2.40. The predicted octanol–water partition coefficient (Wildman–Crippen LogP) is 3.95. The maximum absolute atomic E-state index is 5.63. The van der Waals surface area contributed by atoms with Gasteiger partial charge in [-0.15, -0.1) is 0 Å². The molecule has 2 nitrogen and oxygen atoms in total. The van der Waals surface area contributed by atoms with Gasteiger partial charge in [0.2, 0.25) is 0 Å². The van der Waals surface area contributed by atoms with Crippen LogP contribution in [-0.4, -0.2) is 9.98 Å². The summed E-state index contributed by atoms with van der Waals surface area (Å²) in [4.78, 5) is 0.799. The molecule has 4 N–H and O–H groups in total. The normalized spacial score (nSPS) is 9.30. The van der Waals surface area contributed by atoms with E-state index in [2.05, 4.69) is 0 Å². The molecule has 0 amide bonds. The lowest BCUT2D eigenvalue weighted by molar-refractivity contribution is 1.62. The van der Waals surface area contributed by atoms with Crippen LogP contribution in [0.1, 0.15) is 11.1 Å². The molecule has 0 bridgehead atoms. The highest BCUT2D eigenvalue weighted by atomic mass is 35.5. The Labute approximate surface area is 138 Å². The number of rotatable bonds is 2. The third-order valence-corrected chi connectivity index (χ3v) is 3.23. The van der Waals surface area contributed by atoms with Gasteiger partial charge < -0.3 is 11.5 Å². The molecule has 0 fully saturated rings. The molecule has 0 saturated carbocycles. The van der Waals surface area contributed by atoms with E-state index in [9.17, 15) is 0 Å². The first-order chi connectivity index (χ1) is 9.40. The summed E-state index contributed by atoms with van der Waals surface area (Å²) < 4.78 is 0. The van der Waals surface area contributed by atoms with Crippen LogP contribution in [0.15, 0.2) is 48.5 Å². The van der Waals surface area contributed by atoms with Gasteiger partial charge in [0.25, 0.3) is 0 Å². The van der Waals surface area contributed by atoms with Crippen molar-refractivity contribution in [1.82, 2.24) is 0 Å². The molecule has 6 heteroatoms. The van der Waals surface area contributed by atoms with Crippen LogP contribution in [0.4, 0.5) is 0 Å². The Hall–Kier alpha value is -1.20. The van der Waals surface area contributed by atoms with Gasteiger partial charge in [-0.05, 0) is 24.3 Å². The molecule has 0 aliphatic rings. The predicted molar refractivity (Wildman–Crippen MR) is 94.7 cm³/mol. The van der Waals surface area contributed by atoms with Crippen LogP contribution < -0.4 is 11.5 Å². The third-order valence-electron chi connectivity index (χ3n) is 2.26. The van der Waals surface area contributed by atoms with Crippen LogP contribution in [0.5, 0.6) is 0 Å². The molecule has 2 aromatic rings. The first-order valence-electron chi connectivity index (χ1n) is 5.51. The van der Waals surface area contributed by atoms with Gasteiger partial charge in [-0.25, -0.2) is 0 Å². The molecule has 0 heterocycles. The SMILES string of the molecule is NC(=S)c1ccc(Cl)cc1.NC(=S)c1ccc(Cl)cc1. The van der Waals surface area contributed by atoms with E-state index in [0.29, 0.717) is 20.0 Å². The number of hydrogen-bond donors (Lipinski definition) is 2. The molecule has 2 rings (SSSR count). The van der Waals surface area contributed by atoms with Gasteiger partial charge in [-0.1, -0.05) is 71.9 Å². The van der Waals surface area contributed by atoms with E-state index < -0.39 is 0 Å². The van der Waals surface area contributed by atoms with Crippen LogP contribution >= 0.6 is 47.6 Å². The van der Waals surface area contributed by atoms with Crippen molar-refractivity contribution in [1.29, 1.82) is 0 Å². The lowest BCUT2D eigenvalue weighted by Crippen LogP contribution is -2.08. The summed E-state index contributed by atoms with van der Waals surface area (Å²) in [6, 6.07) is 14.2. The van der Waals surface area contributed by atoms with Crippen LogP contribution in [0.25, 0.3) is 0 Å². The average molecular weight is 343 g/mol. The number of benzene rings is 2. The summed E-state index contributed by atoms with van der Waals surface area (Å²) >= 11 is 20.7. The van der Waals surface area contributed by atoms with Gasteiger partial charge in [0.05, 0.1) is 0 Å². The fraction of sp³-hybridized carbons (Fsp3) is 0. The second kappa shape index (κ2) is 8.17. The number of nitrogens with two attached hydrogens (primary N) is 2. The van der Waals surface area contributed by atoms with Crippen molar-refractivity contribution in [2.24, 2.45) is 11.5 Å². The Morgan fingerprint density at radius 2 is 0.900 bits per heavy atom. The summed E-state index contributed by atoms with van der Waals surface area (Å²) in [5.74, 6) is 0. The van der Waals surface area contributed by atoms with Crippen molar-refractivity contribution in [3.63, 3.8) is 0 Å². The van der Waals surface area contributed by atoms with E-state index >= 15 is 0 Å². The zero-order valence-electron chi connectivity index (χ0n) is 10.3. The Morgan fingerprint density at radius 1 is 0.650 bits per heavy atom. The van der Waals surface area contributed by atoms with E-state index in [0.717, 1.165) is 11.1 Å². The second-order valence-electron chi connectivity index (χ2n) is 3.74. The van der Waals surface area contributed by atoms with E-state index in [1.807, 2.05) is 0 Å². The highest BCUT2D eigenvalue weighted by Gasteiger charge is 1.93. The summed E-state index contributed by atoms with van der Waals surface area (Å²) in [5, 5.41) is 1.39. The van der Waals surface area contributed by atoms with E-state index in [1.54, 1.807) is 48.5 Å². The standard InChI is InChI=1S/2C7H6ClNS/c2*8-6-3-1-5(2-4-6)7(9)10/h2*1-4H,(H2,9,10). The molecule has 104 valence electrons. The van der Waals surface area contributed by atoms with Crippen molar-refractivity contribution in [3.05, 3.63) is 69.7 Å². The van der Waals surface area contributed by atoms with Crippen LogP contribution in [-0.2, 0) is 0 Å². The van der Waals surface area contributed by atoms with Gasteiger partial charge >= 0.3 is 0 Å². The summed E-state index contributed by atoms with van der Waals surface area (Å²) in [6.07, 6.45) is 0. The van der Waals surface area contributed by atoms with Gasteiger partial charge in [0.1, 0.15) is 9.98 Å². The minimum Gasteiger partial charge on any atom is -0.389 e. The third kappa shape index (κ3) is 5.84. The molecule has 0 atom stereocenters. The van der Waals surface area contributed by atoms with Gasteiger partial charge in [-0.2, -0.15) is 0 Å². The first-order valence-corrected chi connectivity index (χ1v) is 7.08. The quantitative estimate of drug-likeness (QED) is 0.811. The van der Waals surface area contributed by atoms with Crippen molar-refractivity contribution in [2.45, 2.75) is 0 Å². The molecule has 20 heavy (non-hydrogen) atoms. The maximum atomic E-state index is 5.63. The second-order valence-corrected chi connectivity index (χ2v) is 5.49. The van der Waals surface area contributed by atoms with Crippen molar-refractivity contribution < 1.29 is 0 Å². The maximum Gasteiger partial charge on any atom is 0.103 e. The van der Waals surface area contributed by atoms with Crippen LogP contribution in [0.2, 0.25) is 10.0 Å². The fourth-order valence-corrected chi connectivity index (χ4v) is 1.75. The van der Waals surface area contributed by atoms with Crippen molar-refractivity contribution in [2.75, 3.05) is 0 Å². The minimum atomic E-state index is 0.400. The highest BCUT2D eigenvalue weighted by Crippen LogP contribution is 2.09. The molecular formula is C14H12Cl2N2S2. The van der Waals surface area contributed by atoms with E-state index in [1.165, 1.54) is 0 Å². The van der Waals surface area contributed by atoms with Gasteiger partial charge in [0.15, 0.2) is 0 Å². The molecule has 0 saturated heterocycles. The molecule has 0 spiro atoms. The minimum absolute atomic E-state index is 0.400. The molecule has 2 aromatic carbocycles. The molecular weight excluding hydrogens is 331 g/mol. The van der Waals surface area contributed by atoms with Crippen LogP contribution in [0, 0.1) is 0 Å². The largest absolute Gasteiger partial charge is 0.389 e. The van der Waals surface area contributed by atoms with Crippen molar-refractivity contribution >= 4 is 57.6 Å². The zero-order chi connectivity index (χ0) is 15.1.